The Hall–Kier alpha value is -1.81. The lowest BCUT2D eigenvalue weighted by molar-refractivity contribution is 0.395. The lowest BCUT2D eigenvalue weighted by atomic mass is 10.3. The Morgan fingerprint density at radius 1 is 1.31 bits per heavy atom. The van der Waals surface area contributed by atoms with Gasteiger partial charge in [0.15, 0.2) is 0 Å². The molecule has 2 aromatic heterocycles. The molecule has 4 heteroatoms. The van der Waals surface area contributed by atoms with Crippen LogP contribution in [0.3, 0.4) is 0 Å². The first-order valence-corrected chi connectivity index (χ1v) is 5.21. The van der Waals surface area contributed by atoms with E-state index in [4.69, 9.17) is 4.74 Å². The molecule has 0 spiro atoms. The molecule has 2 rings (SSSR count). The first-order valence-electron chi connectivity index (χ1n) is 5.21. The molecule has 0 radical (unpaired) electrons. The molecule has 0 saturated carbocycles. The summed E-state index contributed by atoms with van der Waals surface area (Å²) in [6.45, 7) is 1.57. The molecular formula is C12H15N3O. The van der Waals surface area contributed by atoms with Gasteiger partial charge in [0.1, 0.15) is 0 Å². The van der Waals surface area contributed by atoms with Gasteiger partial charge in [-0.3, -0.25) is 0 Å². The zero-order valence-corrected chi connectivity index (χ0v) is 9.23. The Morgan fingerprint density at radius 3 is 3.00 bits per heavy atom. The predicted octanol–water partition coefficient (Wildman–Crippen LogP) is 1.71. The summed E-state index contributed by atoms with van der Waals surface area (Å²) in [6.07, 6.45) is 3.90. The average Bonchev–Trinajstić information content (AvgIpc) is 2.82. The molecule has 0 aliphatic heterocycles. The second-order valence-corrected chi connectivity index (χ2v) is 3.49. The van der Waals surface area contributed by atoms with Crippen LogP contribution in [-0.4, -0.2) is 17.1 Å². The van der Waals surface area contributed by atoms with Crippen molar-refractivity contribution in [1.29, 1.82) is 0 Å². The summed E-state index contributed by atoms with van der Waals surface area (Å²) in [5, 5.41) is 3.32. The van der Waals surface area contributed by atoms with E-state index in [-0.39, 0.29) is 0 Å². The number of H-pyrrole nitrogens is 1. The van der Waals surface area contributed by atoms with E-state index in [1.54, 1.807) is 7.11 Å². The van der Waals surface area contributed by atoms with Crippen molar-refractivity contribution in [3.8, 4) is 5.88 Å². The molecule has 0 aliphatic rings. The zero-order valence-electron chi connectivity index (χ0n) is 9.23. The number of hydrogen-bond donors (Lipinski definition) is 2. The summed E-state index contributed by atoms with van der Waals surface area (Å²) >= 11 is 0. The summed E-state index contributed by atoms with van der Waals surface area (Å²) in [5.41, 5.74) is 2.22. The van der Waals surface area contributed by atoms with Gasteiger partial charge in [-0.2, -0.15) is 0 Å². The Morgan fingerprint density at radius 2 is 2.25 bits per heavy atom. The van der Waals surface area contributed by atoms with Gasteiger partial charge < -0.3 is 15.0 Å². The van der Waals surface area contributed by atoms with E-state index < -0.39 is 0 Å². The number of rotatable bonds is 5. The molecule has 0 fully saturated rings. The number of aromatic nitrogens is 2. The third kappa shape index (κ3) is 2.84. The number of nitrogens with zero attached hydrogens (tertiary/aromatic N) is 1. The van der Waals surface area contributed by atoms with Crippen LogP contribution in [0.5, 0.6) is 5.88 Å². The average molecular weight is 217 g/mol. The molecule has 0 amide bonds. The van der Waals surface area contributed by atoms with Crippen molar-refractivity contribution >= 4 is 0 Å². The van der Waals surface area contributed by atoms with Crippen molar-refractivity contribution in [2.45, 2.75) is 13.1 Å². The van der Waals surface area contributed by atoms with Crippen LogP contribution >= 0.6 is 0 Å². The van der Waals surface area contributed by atoms with Crippen LogP contribution in [0.1, 0.15) is 11.3 Å². The highest BCUT2D eigenvalue weighted by Gasteiger charge is 1.97. The van der Waals surface area contributed by atoms with Crippen LogP contribution in [0, 0.1) is 0 Å². The van der Waals surface area contributed by atoms with Crippen LogP contribution in [0.4, 0.5) is 0 Å². The highest BCUT2D eigenvalue weighted by Crippen LogP contribution is 2.06. The lowest BCUT2D eigenvalue weighted by Crippen LogP contribution is -2.13. The molecule has 0 aromatic carbocycles. The fourth-order valence-electron chi connectivity index (χ4n) is 1.47. The number of hydrogen-bond acceptors (Lipinski definition) is 3. The van der Waals surface area contributed by atoms with E-state index in [1.807, 2.05) is 36.7 Å². The van der Waals surface area contributed by atoms with Crippen molar-refractivity contribution in [3.63, 3.8) is 0 Å². The van der Waals surface area contributed by atoms with Gasteiger partial charge in [-0.15, -0.1) is 0 Å². The third-order valence-electron chi connectivity index (χ3n) is 2.29. The van der Waals surface area contributed by atoms with Gasteiger partial charge in [0, 0.05) is 31.5 Å². The van der Waals surface area contributed by atoms with Gasteiger partial charge in [-0.25, -0.2) is 4.98 Å². The fourth-order valence-corrected chi connectivity index (χ4v) is 1.47. The normalized spacial score (nSPS) is 10.3. The van der Waals surface area contributed by atoms with Gasteiger partial charge >= 0.3 is 0 Å². The van der Waals surface area contributed by atoms with Crippen molar-refractivity contribution in [3.05, 3.63) is 47.9 Å². The van der Waals surface area contributed by atoms with Gasteiger partial charge in [-0.1, -0.05) is 6.07 Å². The molecular weight excluding hydrogens is 202 g/mol. The second kappa shape index (κ2) is 5.32. The minimum Gasteiger partial charge on any atom is -0.481 e. The molecule has 84 valence electrons. The van der Waals surface area contributed by atoms with E-state index in [9.17, 15) is 0 Å². The maximum atomic E-state index is 5.06. The molecule has 16 heavy (non-hydrogen) atoms. The van der Waals surface area contributed by atoms with Crippen molar-refractivity contribution in [2.75, 3.05) is 7.11 Å². The summed E-state index contributed by atoms with van der Waals surface area (Å²) in [5.74, 6) is 0.654. The number of pyridine rings is 1. The Bertz CT molecular complexity index is 426. The Kier molecular flexibility index (Phi) is 3.56. The van der Waals surface area contributed by atoms with Crippen molar-refractivity contribution < 1.29 is 4.74 Å². The van der Waals surface area contributed by atoms with Gasteiger partial charge in [0.2, 0.25) is 5.88 Å². The van der Waals surface area contributed by atoms with E-state index in [0.29, 0.717) is 5.88 Å². The highest BCUT2D eigenvalue weighted by molar-refractivity contribution is 5.15. The first kappa shape index (κ1) is 10.7. The topological polar surface area (TPSA) is 49.9 Å². The standard InChI is InChI=1S/C12H15N3O/c1-16-12-4-2-3-11(15-12)9-14-8-10-5-6-13-7-10/h2-7,13-14H,8-9H2,1H3. The van der Waals surface area contributed by atoms with Crippen LogP contribution in [-0.2, 0) is 13.1 Å². The predicted molar refractivity (Wildman–Crippen MR) is 62.1 cm³/mol. The molecule has 2 N–H and O–H groups in total. The smallest absolute Gasteiger partial charge is 0.213 e. The molecule has 0 bridgehead atoms. The molecule has 4 nitrogen and oxygen atoms in total. The summed E-state index contributed by atoms with van der Waals surface area (Å²) in [7, 11) is 1.62. The Labute approximate surface area is 94.7 Å². The van der Waals surface area contributed by atoms with E-state index in [2.05, 4.69) is 15.3 Å². The fraction of sp³-hybridized carbons (Fsp3) is 0.250. The summed E-state index contributed by atoms with van der Waals surface area (Å²) in [6, 6.07) is 7.81. The highest BCUT2D eigenvalue weighted by atomic mass is 16.5. The van der Waals surface area contributed by atoms with E-state index in [1.165, 1.54) is 5.56 Å². The van der Waals surface area contributed by atoms with Crippen molar-refractivity contribution in [2.24, 2.45) is 0 Å². The monoisotopic (exact) mass is 217 g/mol. The Balaban J connectivity index is 1.85. The second-order valence-electron chi connectivity index (χ2n) is 3.49. The quantitative estimate of drug-likeness (QED) is 0.801. The number of ether oxygens (including phenoxy) is 1. The van der Waals surface area contributed by atoms with Crippen LogP contribution < -0.4 is 10.1 Å². The number of nitrogens with one attached hydrogen (secondary N) is 2. The molecule has 0 atom stereocenters. The van der Waals surface area contributed by atoms with Crippen LogP contribution in [0.2, 0.25) is 0 Å². The van der Waals surface area contributed by atoms with Gasteiger partial charge in [0.25, 0.3) is 0 Å². The summed E-state index contributed by atoms with van der Waals surface area (Å²) < 4.78 is 5.06. The maximum Gasteiger partial charge on any atom is 0.213 e. The lowest BCUT2D eigenvalue weighted by Gasteiger charge is -2.04. The SMILES string of the molecule is COc1cccc(CNCc2cc[nH]c2)n1. The number of aromatic amines is 1. The zero-order chi connectivity index (χ0) is 11.2. The minimum atomic E-state index is 0.654. The summed E-state index contributed by atoms with van der Waals surface area (Å²) in [4.78, 5) is 7.34. The van der Waals surface area contributed by atoms with Crippen LogP contribution in [0.25, 0.3) is 0 Å². The molecule has 0 unspecified atom stereocenters. The first-order chi connectivity index (χ1) is 7.88. The third-order valence-corrected chi connectivity index (χ3v) is 2.29. The van der Waals surface area contributed by atoms with Crippen LogP contribution in [0.15, 0.2) is 36.7 Å². The molecule has 0 aliphatic carbocycles. The largest absolute Gasteiger partial charge is 0.481 e. The maximum absolute atomic E-state index is 5.06. The minimum absolute atomic E-state index is 0.654. The molecule has 0 saturated heterocycles. The van der Waals surface area contributed by atoms with Crippen molar-refractivity contribution in [1.82, 2.24) is 15.3 Å². The van der Waals surface area contributed by atoms with Gasteiger partial charge in [-0.05, 0) is 17.7 Å². The molecule has 2 aromatic rings. The van der Waals surface area contributed by atoms with Gasteiger partial charge in [0.05, 0.1) is 12.8 Å². The van der Waals surface area contributed by atoms with E-state index in [0.717, 1.165) is 18.8 Å². The number of methoxy groups -OCH3 is 1. The molecule has 2 heterocycles. The van der Waals surface area contributed by atoms with E-state index >= 15 is 0 Å².